The first kappa shape index (κ1) is 13.7. The number of nitrogens with one attached hydrogen (secondary N) is 1. The number of carbonyl (C=O) groups excluding carboxylic acids is 1. The van der Waals surface area contributed by atoms with Crippen LogP contribution in [0.5, 0.6) is 0 Å². The highest BCUT2D eigenvalue weighted by atomic mass is 16.1. The lowest BCUT2D eigenvalue weighted by Gasteiger charge is -2.19. The van der Waals surface area contributed by atoms with Gasteiger partial charge in [-0.1, -0.05) is 29.8 Å². The normalized spacial score (nSPS) is 16.6. The Balaban J connectivity index is 1.91. The third-order valence-electron chi connectivity index (χ3n) is 4.31. The Hall–Kier alpha value is -2.29. The molecule has 21 heavy (non-hydrogen) atoms. The van der Waals surface area contributed by atoms with Crippen LogP contribution in [0, 0.1) is 13.8 Å². The fourth-order valence-electron chi connectivity index (χ4n) is 3.12. The highest BCUT2D eigenvalue weighted by Crippen LogP contribution is 2.35. The van der Waals surface area contributed by atoms with Crippen molar-refractivity contribution in [3.05, 3.63) is 64.2 Å². The van der Waals surface area contributed by atoms with E-state index >= 15 is 0 Å². The van der Waals surface area contributed by atoms with Gasteiger partial charge in [-0.05, 0) is 55.5 Å². The molecule has 0 fully saturated rings. The fourth-order valence-corrected chi connectivity index (χ4v) is 3.12. The molecule has 1 atom stereocenters. The number of anilines is 1. The van der Waals surface area contributed by atoms with Crippen LogP contribution in [0.4, 0.5) is 5.69 Å². The highest BCUT2D eigenvalue weighted by molar-refractivity contribution is 5.95. The van der Waals surface area contributed by atoms with Crippen molar-refractivity contribution in [2.75, 3.05) is 5.32 Å². The van der Waals surface area contributed by atoms with Crippen molar-refractivity contribution in [2.45, 2.75) is 32.7 Å². The van der Waals surface area contributed by atoms with E-state index in [1.807, 2.05) is 19.1 Å². The Morgan fingerprint density at radius 3 is 2.81 bits per heavy atom. The van der Waals surface area contributed by atoms with Crippen LogP contribution in [0.25, 0.3) is 0 Å². The van der Waals surface area contributed by atoms with Gasteiger partial charge < -0.3 is 11.1 Å². The maximum Gasteiger partial charge on any atom is 0.249 e. The second kappa shape index (κ2) is 5.24. The molecule has 0 heterocycles. The molecule has 0 bridgehead atoms. The summed E-state index contributed by atoms with van der Waals surface area (Å²) in [7, 11) is 0. The third kappa shape index (κ3) is 2.51. The van der Waals surface area contributed by atoms with E-state index in [-0.39, 0.29) is 5.91 Å². The van der Waals surface area contributed by atoms with Gasteiger partial charge in [-0.15, -0.1) is 0 Å². The first-order valence-electron chi connectivity index (χ1n) is 7.31. The van der Waals surface area contributed by atoms with Gasteiger partial charge in [0, 0.05) is 11.3 Å². The average molecular weight is 280 g/mol. The molecule has 0 saturated heterocycles. The highest BCUT2D eigenvalue weighted by Gasteiger charge is 2.23. The van der Waals surface area contributed by atoms with Crippen molar-refractivity contribution in [2.24, 2.45) is 5.73 Å². The molecule has 3 heteroatoms. The van der Waals surface area contributed by atoms with E-state index in [9.17, 15) is 4.79 Å². The standard InChI is InChI=1S/C18H20N2O/c1-11-6-7-13-8-9-17(15(13)10-11)20-16-5-3-4-14(12(16)2)18(19)21/h3-7,10,17,20H,8-9H2,1-2H3,(H2,19,21). The first-order valence-corrected chi connectivity index (χ1v) is 7.31. The second-order valence-corrected chi connectivity index (χ2v) is 5.78. The Morgan fingerprint density at radius 2 is 2.05 bits per heavy atom. The minimum absolute atomic E-state index is 0.307. The van der Waals surface area contributed by atoms with Crippen LogP contribution in [0.3, 0.4) is 0 Å². The fraction of sp³-hybridized carbons (Fsp3) is 0.278. The second-order valence-electron chi connectivity index (χ2n) is 5.78. The maximum atomic E-state index is 11.4. The van der Waals surface area contributed by atoms with E-state index < -0.39 is 0 Å². The number of fused-ring (bicyclic) bond motifs is 1. The Bertz CT molecular complexity index is 706. The van der Waals surface area contributed by atoms with E-state index in [2.05, 4.69) is 30.4 Å². The van der Waals surface area contributed by atoms with Crippen molar-refractivity contribution >= 4 is 11.6 Å². The van der Waals surface area contributed by atoms with Gasteiger partial charge >= 0.3 is 0 Å². The van der Waals surface area contributed by atoms with Crippen LogP contribution < -0.4 is 11.1 Å². The zero-order valence-electron chi connectivity index (χ0n) is 12.4. The van der Waals surface area contributed by atoms with E-state index in [0.717, 1.165) is 24.1 Å². The molecule has 3 N–H and O–H groups in total. The van der Waals surface area contributed by atoms with Crippen molar-refractivity contribution in [3.63, 3.8) is 0 Å². The average Bonchev–Trinajstić information content (AvgIpc) is 2.83. The minimum Gasteiger partial charge on any atom is -0.378 e. The number of hydrogen-bond donors (Lipinski definition) is 2. The summed E-state index contributed by atoms with van der Waals surface area (Å²) in [5.41, 5.74) is 12.0. The molecular weight excluding hydrogens is 260 g/mol. The topological polar surface area (TPSA) is 55.1 Å². The molecule has 2 aromatic carbocycles. The minimum atomic E-state index is -0.376. The third-order valence-corrected chi connectivity index (χ3v) is 4.31. The molecule has 1 unspecified atom stereocenters. The molecule has 0 saturated carbocycles. The molecule has 1 aliphatic carbocycles. The van der Waals surface area contributed by atoms with E-state index in [1.165, 1.54) is 16.7 Å². The largest absolute Gasteiger partial charge is 0.378 e. The molecule has 1 amide bonds. The number of hydrogen-bond acceptors (Lipinski definition) is 2. The summed E-state index contributed by atoms with van der Waals surface area (Å²) >= 11 is 0. The van der Waals surface area contributed by atoms with E-state index in [0.29, 0.717) is 11.6 Å². The molecule has 2 aromatic rings. The summed E-state index contributed by atoms with van der Waals surface area (Å²) in [6, 6.07) is 12.6. The van der Waals surface area contributed by atoms with Gasteiger partial charge in [0.2, 0.25) is 5.91 Å². The molecule has 3 rings (SSSR count). The molecule has 0 spiro atoms. The van der Waals surface area contributed by atoms with Gasteiger partial charge in [0.05, 0.1) is 6.04 Å². The first-order chi connectivity index (χ1) is 10.1. The van der Waals surface area contributed by atoms with Crippen molar-refractivity contribution in [3.8, 4) is 0 Å². The quantitative estimate of drug-likeness (QED) is 0.904. The van der Waals surface area contributed by atoms with Gasteiger partial charge in [-0.25, -0.2) is 0 Å². The maximum absolute atomic E-state index is 11.4. The molecule has 108 valence electrons. The predicted octanol–water partition coefficient (Wildman–Crippen LogP) is 3.50. The lowest BCUT2D eigenvalue weighted by Crippen LogP contribution is -2.15. The van der Waals surface area contributed by atoms with Crippen LogP contribution >= 0.6 is 0 Å². The zero-order chi connectivity index (χ0) is 15.0. The monoisotopic (exact) mass is 280 g/mol. The van der Waals surface area contributed by atoms with Gasteiger partial charge in [-0.3, -0.25) is 4.79 Å². The molecule has 1 aliphatic rings. The zero-order valence-corrected chi connectivity index (χ0v) is 12.4. The summed E-state index contributed by atoms with van der Waals surface area (Å²) < 4.78 is 0. The molecular formula is C18H20N2O. The Morgan fingerprint density at radius 1 is 1.24 bits per heavy atom. The van der Waals surface area contributed by atoms with Crippen molar-refractivity contribution in [1.29, 1.82) is 0 Å². The number of primary amides is 1. The Labute approximate surface area is 125 Å². The molecule has 0 aromatic heterocycles. The number of nitrogens with two attached hydrogens (primary N) is 1. The van der Waals surface area contributed by atoms with Crippen LogP contribution in [0.2, 0.25) is 0 Å². The van der Waals surface area contributed by atoms with E-state index in [4.69, 9.17) is 5.73 Å². The number of rotatable bonds is 3. The number of aryl methyl sites for hydroxylation is 2. The van der Waals surface area contributed by atoms with Crippen LogP contribution in [0.15, 0.2) is 36.4 Å². The lowest BCUT2D eigenvalue weighted by molar-refractivity contribution is 0.1000. The number of benzene rings is 2. The summed E-state index contributed by atoms with van der Waals surface area (Å²) in [5.74, 6) is -0.376. The summed E-state index contributed by atoms with van der Waals surface area (Å²) in [4.78, 5) is 11.4. The molecule has 0 aliphatic heterocycles. The van der Waals surface area contributed by atoms with Crippen LogP contribution in [-0.2, 0) is 6.42 Å². The van der Waals surface area contributed by atoms with Crippen molar-refractivity contribution in [1.82, 2.24) is 0 Å². The van der Waals surface area contributed by atoms with Gasteiger partial charge in [0.1, 0.15) is 0 Å². The number of amides is 1. The number of carbonyl (C=O) groups is 1. The van der Waals surface area contributed by atoms with E-state index in [1.54, 1.807) is 6.07 Å². The lowest BCUT2D eigenvalue weighted by atomic mass is 10.0. The smallest absolute Gasteiger partial charge is 0.249 e. The van der Waals surface area contributed by atoms with Gasteiger partial charge in [0.15, 0.2) is 0 Å². The van der Waals surface area contributed by atoms with Gasteiger partial charge in [-0.2, -0.15) is 0 Å². The van der Waals surface area contributed by atoms with Gasteiger partial charge in [0.25, 0.3) is 0 Å². The Kier molecular flexibility index (Phi) is 3.42. The predicted molar refractivity (Wildman–Crippen MR) is 85.6 cm³/mol. The summed E-state index contributed by atoms with van der Waals surface area (Å²) in [6.45, 7) is 4.06. The molecule has 0 radical (unpaired) electrons. The SMILES string of the molecule is Cc1ccc2c(c1)C(Nc1cccc(C(N)=O)c1C)CC2. The molecule has 3 nitrogen and oxygen atoms in total. The van der Waals surface area contributed by atoms with Crippen LogP contribution in [-0.4, -0.2) is 5.91 Å². The van der Waals surface area contributed by atoms with Crippen molar-refractivity contribution < 1.29 is 4.79 Å². The summed E-state index contributed by atoms with van der Waals surface area (Å²) in [6.07, 6.45) is 2.18. The van der Waals surface area contributed by atoms with Crippen LogP contribution in [0.1, 0.15) is 45.1 Å². The summed E-state index contributed by atoms with van der Waals surface area (Å²) in [5, 5.41) is 3.58.